The maximum Gasteiger partial charge on any atom is 0.274 e. The Kier molecular flexibility index (Phi) is 4.60. The summed E-state index contributed by atoms with van der Waals surface area (Å²) in [6, 6.07) is 3.75. The minimum Gasteiger partial charge on any atom is -0.368 e. The molecule has 3 heterocycles. The molecule has 7 heteroatoms. The number of rotatable bonds is 2. The number of ether oxygens (including phenoxy) is 1. The second kappa shape index (κ2) is 6.55. The number of aryl methyl sites for hydroxylation is 2. The number of hydrogen-bond donors (Lipinski definition) is 1. The Hall–Kier alpha value is -2.28. The van der Waals surface area contributed by atoms with E-state index in [2.05, 4.69) is 40.9 Å². The highest BCUT2D eigenvalue weighted by molar-refractivity contribution is 5.92. The zero-order chi connectivity index (χ0) is 18.2. The van der Waals surface area contributed by atoms with E-state index < -0.39 is 0 Å². The number of morpholine rings is 1. The first-order valence-corrected chi connectivity index (χ1v) is 8.53. The molecule has 1 amide bonds. The molecule has 0 unspecified atom stereocenters. The Morgan fingerprint density at radius 2 is 2.04 bits per heavy atom. The fraction of sp³-hybridized carbons (Fsp3) is 0.556. The van der Waals surface area contributed by atoms with Gasteiger partial charge in [0.25, 0.3) is 5.91 Å². The Morgan fingerprint density at radius 3 is 2.68 bits per heavy atom. The molecular weight excluding hydrogens is 318 g/mol. The average molecular weight is 343 g/mol. The van der Waals surface area contributed by atoms with E-state index in [4.69, 9.17) is 4.74 Å². The number of amides is 1. The van der Waals surface area contributed by atoms with E-state index in [1.165, 1.54) is 0 Å². The number of aromatic nitrogens is 4. The van der Waals surface area contributed by atoms with Crippen LogP contribution in [0.4, 0.5) is 0 Å². The Labute approximate surface area is 147 Å². The van der Waals surface area contributed by atoms with Gasteiger partial charge in [-0.05, 0) is 26.0 Å². The van der Waals surface area contributed by atoms with Crippen molar-refractivity contribution in [2.75, 3.05) is 19.7 Å². The molecule has 1 aliphatic heterocycles. The molecule has 0 aliphatic carbocycles. The van der Waals surface area contributed by atoms with Crippen molar-refractivity contribution < 1.29 is 9.53 Å². The summed E-state index contributed by atoms with van der Waals surface area (Å²) in [5.74, 6) is 0.631. The van der Waals surface area contributed by atoms with Crippen molar-refractivity contribution in [3.8, 4) is 0 Å². The van der Waals surface area contributed by atoms with E-state index in [0.717, 1.165) is 17.1 Å². The third-order valence-electron chi connectivity index (χ3n) is 4.27. The second-order valence-electron chi connectivity index (χ2n) is 7.51. The number of carbonyl (C=O) groups excluding carboxylic acids is 1. The van der Waals surface area contributed by atoms with Crippen LogP contribution in [0.5, 0.6) is 0 Å². The minimum atomic E-state index is -0.237. The summed E-state index contributed by atoms with van der Waals surface area (Å²) in [6.45, 7) is 11.5. The predicted molar refractivity (Wildman–Crippen MR) is 93.4 cm³/mol. The van der Waals surface area contributed by atoms with Gasteiger partial charge in [-0.25, -0.2) is 9.97 Å². The van der Waals surface area contributed by atoms with Crippen molar-refractivity contribution in [3.05, 3.63) is 40.7 Å². The second-order valence-corrected chi connectivity index (χ2v) is 7.51. The lowest BCUT2D eigenvalue weighted by molar-refractivity contribution is -0.0250. The van der Waals surface area contributed by atoms with Gasteiger partial charge in [0.05, 0.1) is 18.8 Å². The van der Waals surface area contributed by atoms with Crippen molar-refractivity contribution >= 4 is 5.91 Å². The molecule has 3 rings (SSSR count). The molecule has 134 valence electrons. The maximum atomic E-state index is 12.8. The molecule has 7 nitrogen and oxygen atoms in total. The summed E-state index contributed by atoms with van der Waals surface area (Å²) in [5.41, 5.74) is 3.04. The first kappa shape index (κ1) is 17.5. The van der Waals surface area contributed by atoms with Crippen LogP contribution in [-0.2, 0) is 10.2 Å². The van der Waals surface area contributed by atoms with Gasteiger partial charge in [-0.3, -0.25) is 9.89 Å². The van der Waals surface area contributed by atoms with Crippen LogP contribution in [-0.4, -0.2) is 50.7 Å². The van der Waals surface area contributed by atoms with Crippen LogP contribution in [0.2, 0.25) is 0 Å². The first-order chi connectivity index (χ1) is 11.7. The minimum absolute atomic E-state index is 0.0743. The SMILES string of the molecule is Cc1cc([C@@H]2CN(C(=O)c3cc(C(C)(C)C)[nH]n3)CCO2)nc(C)n1. The fourth-order valence-corrected chi connectivity index (χ4v) is 2.90. The monoisotopic (exact) mass is 343 g/mol. The van der Waals surface area contributed by atoms with Crippen LogP contribution in [0.3, 0.4) is 0 Å². The molecule has 1 atom stereocenters. The summed E-state index contributed by atoms with van der Waals surface area (Å²) >= 11 is 0. The molecule has 1 N–H and O–H groups in total. The average Bonchev–Trinajstić information content (AvgIpc) is 3.03. The molecule has 0 bridgehead atoms. The molecule has 0 radical (unpaired) electrons. The molecule has 25 heavy (non-hydrogen) atoms. The highest BCUT2D eigenvalue weighted by atomic mass is 16.5. The Morgan fingerprint density at radius 1 is 1.28 bits per heavy atom. The van der Waals surface area contributed by atoms with Gasteiger partial charge in [0.15, 0.2) is 0 Å². The lowest BCUT2D eigenvalue weighted by atomic mass is 9.92. The van der Waals surface area contributed by atoms with Gasteiger partial charge in [0, 0.05) is 23.3 Å². The van der Waals surface area contributed by atoms with Crippen molar-refractivity contribution in [1.29, 1.82) is 0 Å². The zero-order valence-corrected chi connectivity index (χ0v) is 15.5. The van der Waals surface area contributed by atoms with E-state index in [1.54, 1.807) is 4.90 Å². The zero-order valence-electron chi connectivity index (χ0n) is 15.5. The van der Waals surface area contributed by atoms with Gasteiger partial charge in [-0.1, -0.05) is 20.8 Å². The fourth-order valence-electron chi connectivity index (χ4n) is 2.90. The van der Waals surface area contributed by atoms with Crippen molar-refractivity contribution in [2.45, 2.75) is 46.1 Å². The summed E-state index contributed by atoms with van der Waals surface area (Å²) < 4.78 is 5.84. The van der Waals surface area contributed by atoms with Crippen LogP contribution in [0.25, 0.3) is 0 Å². The number of aromatic amines is 1. The topological polar surface area (TPSA) is 84.0 Å². The quantitative estimate of drug-likeness (QED) is 0.905. The van der Waals surface area contributed by atoms with Crippen molar-refractivity contribution in [3.63, 3.8) is 0 Å². The van der Waals surface area contributed by atoms with Crippen LogP contribution < -0.4 is 0 Å². The maximum absolute atomic E-state index is 12.8. The third-order valence-corrected chi connectivity index (χ3v) is 4.27. The largest absolute Gasteiger partial charge is 0.368 e. The molecule has 1 saturated heterocycles. The molecule has 1 fully saturated rings. The number of hydrogen-bond acceptors (Lipinski definition) is 5. The van der Waals surface area contributed by atoms with Crippen molar-refractivity contribution in [1.82, 2.24) is 25.1 Å². The predicted octanol–water partition coefficient (Wildman–Crippen LogP) is 2.33. The third kappa shape index (κ3) is 3.87. The lowest BCUT2D eigenvalue weighted by Gasteiger charge is -2.32. The standard InChI is InChI=1S/C18H25N5O2/c1-11-8-13(20-12(2)19-11)15-10-23(6-7-25-15)17(24)14-9-16(22-21-14)18(3,4)5/h8-9,15H,6-7,10H2,1-5H3,(H,21,22)/t15-/m0/s1. The van der Waals surface area contributed by atoms with Crippen LogP contribution in [0.15, 0.2) is 12.1 Å². The van der Waals surface area contributed by atoms with Gasteiger partial charge in [0.1, 0.15) is 17.6 Å². The van der Waals surface area contributed by atoms with E-state index in [9.17, 15) is 4.79 Å². The number of H-pyrrole nitrogens is 1. The number of nitrogens with one attached hydrogen (secondary N) is 1. The Balaban J connectivity index is 1.76. The van der Waals surface area contributed by atoms with Crippen molar-refractivity contribution in [2.24, 2.45) is 0 Å². The molecule has 2 aromatic heterocycles. The summed E-state index contributed by atoms with van der Waals surface area (Å²) in [5, 5.41) is 7.18. The van der Waals surface area contributed by atoms with Gasteiger partial charge < -0.3 is 9.64 Å². The molecule has 0 aromatic carbocycles. The summed E-state index contributed by atoms with van der Waals surface area (Å²) in [7, 11) is 0. The van der Waals surface area contributed by atoms with Crippen LogP contribution >= 0.6 is 0 Å². The van der Waals surface area contributed by atoms with Gasteiger partial charge in [0.2, 0.25) is 0 Å². The molecular formula is C18H25N5O2. The van der Waals surface area contributed by atoms with E-state index in [-0.39, 0.29) is 17.4 Å². The molecule has 1 aliphatic rings. The van der Waals surface area contributed by atoms with E-state index in [0.29, 0.717) is 31.2 Å². The van der Waals surface area contributed by atoms with Crippen LogP contribution in [0.1, 0.15) is 60.3 Å². The van der Waals surface area contributed by atoms with Gasteiger partial charge in [-0.15, -0.1) is 0 Å². The number of carbonyl (C=O) groups is 1. The molecule has 0 spiro atoms. The normalized spacial score (nSPS) is 18.4. The summed E-state index contributed by atoms with van der Waals surface area (Å²) in [4.78, 5) is 23.3. The lowest BCUT2D eigenvalue weighted by Crippen LogP contribution is -2.42. The van der Waals surface area contributed by atoms with Gasteiger partial charge >= 0.3 is 0 Å². The first-order valence-electron chi connectivity index (χ1n) is 8.53. The summed E-state index contributed by atoms with van der Waals surface area (Å²) in [6.07, 6.45) is -0.237. The molecule has 0 saturated carbocycles. The van der Waals surface area contributed by atoms with E-state index in [1.807, 2.05) is 26.0 Å². The Bertz CT molecular complexity index is 758. The smallest absolute Gasteiger partial charge is 0.274 e. The van der Waals surface area contributed by atoms with Crippen LogP contribution in [0, 0.1) is 13.8 Å². The van der Waals surface area contributed by atoms with E-state index >= 15 is 0 Å². The highest BCUT2D eigenvalue weighted by Gasteiger charge is 2.29. The van der Waals surface area contributed by atoms with Gasteiger partial charge in [-0.2, -0.15) is 5.10 Å². The molecule has 2 aromatic rings. The number of nitrogens with zero attached hydrogens (tertiary/aromatic N) is 4. The highest BCUT2D eigenvalue weighted by Crippen LogP contribution is 2.24.